The quantitative estimate of drug-likeness (QED) is 0.897. The van der Waals surface area contributed by atoms with Gasteiger partial charge in [0.2, 0.25) is 0 Å². The Morgan fingerprint density at radius 1 is 1.20 bits per heavy atom. The van der Waals surface area contributed by atoms with Crippen molar-refractivity contribution in [3.05, 3.63) is 35.4 Å². The van der Waals surface area contributed by atoms with E-state index in [0.29, 0.717) is 6.04 Å². The summed E-state index contributed by atoms with van der Waals surface area (Å²) in [5, 5.41) is 3.44. The summed E-state index contributed by atoms with van der Waals surface area (Å²) < 4.78 is 37.5. The molecule has 1 atom stereocenters. The first kappa shape index (κ1) is 15.3. The van der Waals surface area contributed by atoms with Crippen LogP contribution in [-0.4, -0.2) is 30.6 Å². The predicted octanol–water partition coefficient (Wildman–Crippen LogP) is 3.28. The number of nitrogens with zero attached hydrogens (tertiary/aromatic N) is 1. The highest BCUT2D eigenvalue weighted by atomic mass is 19.4. The molecule has 2 rings (SSSR count). The Morgan fingerprint density at radius 3 is 2.55 bits per heavy atom. The van der Waals surface area contributed by atoms with Crippen LogP contribution in [0.15, 0.2) is 24.3 Å². The predicted molar refractivity (Wildman–Crippen MR) is 73.4 cm³/mol. The zero-order valence-electron chi connectivity index (χ0n) is 11.7. The van der Waals surface area contributed by atoms with Gasteiger partial charge in [0.15, 0.2) is 0 Å². The van der Waals surface area contributed by atoms with E-state index in [4.69, 9.17) is 0 Å². The van der Waals surface area contributed by atoms with E-state index in [0.717, 1.165) is 44.6 Å². The minimum absolute atomic E-state index is 0.505. The maximum Gasteiger partial charge on any atom is 0.416 e. The van der Waals surface area contributed by atoms with E-state index in [-0.39, 0.29) is 0 Å². The average molecular weight is 286 g/mol. The second-order valence-corrected chi connectivity index (χ2v) is 5.47. The minimum atomic E-state index is -4.25. The Hall–Kier alpha value is -1.07. The molecule has 0 aromatic heterocycles. The second kappa shape index (κ2) is 6.59. The van der Waals surface area contributed by atoms with Crippen LogP contribution in [0.3, 0.4) is 0 Å². The van der Waals surface area contributed by atoms with Crippen molar-refractivity contribution in [1.29, 1.82) is 0 Å². The van der Waals surface area contributed by atoms with Crippen molar-refractivity contribution in [2.75, 3.05) is 19.6 Å². The molecule has 5 heteroatoms. The third-order valence-electron chi connectivity index (χ3n) is 3.71. The minimum Gasteiger partial charge on any atom is -0.314 e. The van der Waals surface area contributed by atoms with Crippen molar-refractivity contribution in [2.45, 2.75) is 38.5 Å². The number of hydrogen-bond acceptors (Lipinski definition) is 2. The molecule has 1 saturated heterocycles. The van der Waals surface area contributed by atoms with E-state index in [1.807, 2.05) is 0 Å². The lowest BCUT2D eigenvalue weighted by Crippen LogP contribution is -2.38. The summed E-state index contributed by atoms with van der Waals surface area (Å²) in [6, 6.07) is 6.02. The molecule has 0 radical (unpaired) electrons. The van der Waals surface area contributed by atoms with Gasteiger partial charge in [-0.2, -0.15) is 13.2 Å². The molecule has 0 bridgehead atoms. The Balaban J connectivity index is 1.95. The molecule has 1 fully saturated rings. The highest BCUT2D eigenvalue weighted by Gasteiger charge is 2.29. The van der Waals surface area contributed by atoms with Gasteiger partial charge in [-0.25, -0.2) is 0 Å². The topological polar surface area (TPSA) is 15.3 Å². The molecule has 0 amide bonds. The second-order valence-electron chi connectivity index (χ2n) is 5.47. The van der Waals surface area contributed by atoms with Crippen LogP contribution in [0.4, 0.5) is 13.2 Å². The van der Waals surface area contributed by atoms with Gasteiger partial charge >= 0.3 is 6.18 Å². The summed E-state index contributed by atoms with van der Waals surface area (Å²) in [6.07, 6.45) is -2.11. The van der Waals surface area contributed by atoms with Crippen LogP contribution in [0.5, 0.6) is 0 Å². The number of alkyl halides is 3. The van der Waals surface area contributed by atoms with E-state index in [1.54, 1.807) is 12.1 Å². The lowest BCUT2D eigenvalue weighted by Gasteiger charge is -2.27. The van der Waals surface area contributed by atoms with Crippen LogP contribution in [0.25, 0.3) is 0 Å². The summed E-state index contributed by atoms with van der Waals surface area (Å²) in [5.74, 6) is 0. The van der Waals surface area contributed by atoms with Gasteiger partial charge < -0.3 is 5.32 Å². The molecule has 1 aliphatic rings. The van der Waals surface area contributed by atoms with E-state index >= 15 is 0 Å². The molecule has 2 nitrogen and oxygen atoms in total. The van der Waals surface area contributed by atoms with Crippen molar-refractivity contribution < 1.29 is 13.2 Å². The lowest BCUT2D eigenvalue weighted by atomic mass is 10.1. The van der Waals surface area contributed by atoms with E-state index < -0.39 is 11.7 Å². The van der Waals surface area contributed by atoms with Gasteiger partial charge in [-0.05, 0) is 57.1 Å². The fourth-order valence-electron chi connectivity index (χ4n) is 2.46. The first-order chi connectivity index (χ1) is 9.45. The highest BCUT2D eigenvalue weighted by molar-refractivity contribution is 5.24. The molecule has 1 N–H and O–H groups in total. The molecular formula is C15H21F3N2. The summed E-state index contributed by atoms with van der Waals surface area (Å²) in [7, 11) is 0. The molecule has 1 unspecified atom stereocenters. The fourth-order valence-corrected chi connectivity index (χ4v) is 2.46. The highest BCUT2D eigenvalue weighted by Crippen LogP contribution is 2.29. The monoisotopic (exact) mass is 286 g/mol. The van der Waals surface area contributed by atoms with Crippen molar-refractivity contribution >= 4 is 0 Å². The number of benzene rings is 1. The molecule has 0 saturated carbocycles. The molecular weight excluding hydrogens is 265 g/mol. The molecule has 20 heavy (non-hydrogen) atoms. The Morgan fingerprint density at radius 2 is 1.90 bits per heavy atom. The van der Waals surface area contributed by atoms with E-state index in [9.17, 15) is 13.2 Å². The van der Waals surface area contributed by atoms with Gasteiger partial charge in [0.1, 0.15) is 0 Å². The summed E-state index contributed by atoms with van der Waals surface area (Å²) >= 11 is 0. The van der Waals surface area contributed by atoms with Crippen LogP contribution in [-0.2, 0) is 12.7 Å². The van der Waals surface area contributed by atoms with Gasteiger partial charge in [-0.15, -0.1) is 0 Å². The number of rotatable bonds is 2. The largest absolute Gasteiger partial charge is 0.416 e. The zero-order valence-corrected chi connectivity index (χ0v) is 11.7. The maximum absolute atomic E-state index is 12.5. The third-order valence-corrected chi connectivity index (χ3v) is 3.71. The molecule has 0 aliphatic carbocycles. The summed E-state index contributed by atoms with van der Waals surface area (Å²) in [6.45, 7) is 5.87. The van der Waals surface area contributed by atoms with Crippen LogP contribution in [0.1, 0.15) is 30.9 Å². The average Bonchev–Trinajstić information content (AvgIpc) is 2.37. The van der Waals surface area contributed by atoms with Gasteiger partial charge in [0.25, 0.3) is 0 Å². The molecule has 1 heterocycles. The van der Waals surface area contributed by atoms with Crippen LogP contribution in [0.2, 0.25) is 0 Å². The normalized spacial score (nSPS) is 22.3. The van der Waals surface area contributed by atoms with Gasteiger partial charge in [-0.1, -0.05) is 12.1 Å². The standard InChI is InChI=1S/C15H21F3N2/c1-12-7-10-20(9-2-8-19-12)11-13-3-5-14(6-4-13)15(16,17)18/h3-6,12,19H,2,7-11H2,1H3. The lowest BCUT2D eigenvalue weighted by molar-refractivity contribution is -0.137. The zero-order chi connectivity index (χ0) is 14.6. The molecule has 1 aromatic rings. The third kappa shape index (κ3) is 4.49. The molecule has 0 spiro atoms. The van der Waals surface area contributed by atoms with Crippen molar-refractivity contribution in [1.82, 2.24) is 10.2 Å². The Bertz CT molecular complexity index is 414. The van der Waals surface area contributed by atoms with E-state index in [2.05, 4.69) is 17.1 Å². The van der Waals surface area contributed by atoms with Crippen LogP contribution in [0, 0.1) is 0 Å². The molecule has 112 valence electrons. The smallest absolute Gasteiger partial charge is 0.314 e. The summed E-state index contributed by atoms with van der Waals surface area (Å²) in [5.41, 5.74) is 0.367. The van der Waals surface area contributed by atoms with Crippen LogP contribution >= 0.6 is 0 Å². The van der Waals surface area contributed by atoms with Crippen molar-refractivity contribution in [3.63, 3.8) is 0 Å². The van der Waals surface area contributed by atoms with Crippen molar-refractivity contribution in [3.8, 4) is 0 Å². The number of halogens is 3. The fraction of sp³-hybridized carbons (Fsp3) is 0.600. The van der Waals surface area contributed by atoms with Gasteiger partial charge in [-0.3, -0.25) is 4.90 Å². The Kier molecular flexibility index (Phi) is 5.05. The SMILES string of the molecule is CC1CCN(Cc2ccc(C(F)(F)F)cc2)CCCN1. The molecule has 1 aliphatic heterocycles. The number of hydrogen-bond donors (Lipinski definition) is 1. The van der Waals surface area contributed by atoms with Crippen LogP contribution < -0.4 is 5.32 Å². The maximum atomic E-state index is 12.5. The Labute approximate surface area is 118 Å². The van der Waals surface area contributed by atoms with Gasteiger partial charge in [0, 0.05) is 12.6 Å². The number of nitrogens with one attached hydrogen (secondary N) is 1. The first-order valence-electron chi connectivity index (χ1n) is 7.07. The van der Waals surface area contributed by atoms with E-state index in [1.165, 1.54) is 12.1 Å². The van der Waals surface area contributed by atoms with Gasteiger partial charge in [0.05, 0.1) is 5.56 Å². The first-order valence-corrected chi connectivity index (χ1v) is 7.07. The van der Waals surface area contributed by atoms with Crippen molar-refractivity contribution in [2.24, 2.45) is 0 Å². The molecule has 1 aromatic carbocycles. The summed E-state index contributed by atoms with van der Waals surface area (Å²) in [4.78, 5) is 2.32.